The van der Waals surface area contributed by atoms with Gasteiger partial charge >= 0.3 is 5.97 Å². The maximum absolute atomic E-state index is 12.9. The van der Waals surface area contributed by atoms with Gasteiger partial charge in [0.2, 0.25) is 0 Å². The van der Waals surface area contributed by atoms with Crippen LogP contribution in [-0.4, -0.2) is 54.2 Å². The molecule has 0 bridgehead atoms. The number of fused-ring (bicyclic) bond motifs is 1. The molecule has 0 unspecified atom stereocenters. The molecule has 3 amide bonds. The van der Waals surface area contributed by atoms with E-state index in [4.69, 9.17) is 4.74 Å². The van der Waals surface area contributed by atoms with Crippen molar-refractivity contribution in [2.24, 2.45) is 0 Å². The van der Waals surface area contributed by atoms with Gasteiger partial charge in [-0.05, 0) is 35.9 Å². The predicted octanol–water partition coefficient (Wildman–Crippen LogP) is 1.87. The van der Waals surface area contributed by atoms with E-state index in [0.29, 0.717) is 0 Å². The van der Waals surface area contributed by atoms with Crippen LogP contribution in [0.5, 0.6) is 0 Å². The second kappa shape index (κ2) is 7.59. The van der Waals surface area contributed by atoms with E-state index in [0.717, 1.165) is 10.5 Å². The normalized spacial score (nSPS) is 12.8. The van der Waals surface area contributed by atoms with E-state index in [2.05, 4.69) is 0 Å². The van der Waals surface area contributed by atoms with Gasteiger partial charge in [0.25, 0.3) is 17.7 Å². The molecule has 0 radical (unpaired) electrons. The molecular weight excluding hydrogens is 367 g/mol. The van der Waals surface area contributed by atoms with Crippen LogP contribution in [0, 0.1) is 5.82 Å². The summed E-state index contributed by atoms with van der Waals surface area (Å²) in [6.07, 6.45) is 0. The van der Waals surface area contributed by atoms with Crippen LogP contribution in [0.3, 0.4) is 0 Å². The Bertz CT molecular complexity index is 971. The van der Waals surface area contributed by atoms with Crippen molar-refractivity contribution in [1.82, 2.24) is 9.80 Å². The van der Waals surface area contributed by atoms with Crippen molar-refractivity contribution in [2.75, 3.05) is 20.7 Å². The highest BCUT2D eigenvalue weighted by molar-refractivity contribution is 6.21. The van der Waals surface area contributed by atoms with Crippen molar-refractivity contribution in [3.63, 3.8) is 0 Å². The van der Waals surface area contributed by atoms with E-state index in [1.54, 1.807) is 12.1 Å². The van der Waals surface area contributed by atoms with Gasteiger partial charge < -0.3 is 9.64 Å². The Morgan fingerprint density at radius 2 is 1.68 bits per heavy atom. The molecule has 0 atom stereocenters. The summed E-state index contributed by atoms with van der Waals surface area (Å²) in [6, 6.07) is 9.76. The number of hydrogen-bond acceptors (Lipinski definition) is 5. The van der Waals surface area contributed by atoms with Gasteiger partial charge in [-0.1, -0.05) is 12.1 Å². The number of carbonyl (C=O) groups excluding carboxylic acids is 4. The van der Waals surface area contributed by atoms with Crippen molar-refractivity contribution >= 4 is 23.7 Å². The summed E-state index contributed by atoms with van der Waals surface area (Å²) in [5.74, 6) is -2.51. The SMILES string of the molecule is CN(Cc1ccc(F)cc1)C(=O)COC(=O)c1ccc2c(c1)C(=O)N(C)C2=O. The lowest BCUT2D eigenvalue weighted by Crippen LogP contribution is -2.30. The Morgan fingerprint density at radius 3 is 2.36 bits per heavy atom. The molecule has 0 N–H and O–H groups in total. The highest BCUT2D eigenvalue weighted by Crippen LogP contribution is 2.23. The smallest absolute Gasteiger partial charge is 0.338 e. The summed E-state index contributed by atoms with van der Waals surface area (Å²) < 4.78 is 17.9. The first kappa shape index (κ1) is 19.2. The molecule has 0 spiro atoms. The minimum Gasteiger partial charge on any atom is -0.452 e. The summed E-state index contributed by atoms with van der Waals surface area (Å²) in [5.41, 5.74) is 1.15. The van der Waals surface area contributed by atoms with E-state index in [-0.39, 0.29) is 29.1 Å². The summed E-state index contributed by atoms with van der Waals surface area (Å²) in [4.78, 5) is 50.5. The Morgan fingerprint density at radius 1 is 1.04 bits per heavy atom. The first-order valence-electron chi connectivity index (χ1n) is 8.40. The number of hydrogen-bond donors (Lipinski definition) is 0. The third-order valence-corrected chi connectivity index (χ3v) is 4.41. The van der Waals surface area contributed by atoms with Gasteiger partial charge in [0.05, 0.1) is 16.7 Å². The van der Waals surface area contributed by atoms with Crippen LogP contribution in [0.4, 0.5) is 4.39 Å². The number of esters is 1. The number of imide groups is 1. The molecule has 144 valence electrons. The van der Waals surface area contributed by atoms with Crippen molar-refractivity contribution < 1.29 is 28.3 Å². The molecule has 0 aromatic heterocycles. The quantitative estimate of drug-likeness (QED) is 0.580. The van der Waals surface area contributed by atoms with Gasteiger partial charge in [-0.2, -0.15) is 0 Å². The van der Waals surface area contributed by atoms with Gasteiger partial charge in [-0.25, -0.2) is 9.18 Å². The predicted molar refractivity (Wildman–Crippen MR) is 96.0 cm³/mol. The second-order valence-electron chi connectivity index (χ2n) is 6.38. The number of nitrogens with zero attached hydrogens (tertiary/aromatic N) is 2. The minimum atomic E-state index is -0.777. The summed E-state index contributed by atoms with van der Waals surface area (Å²) in [6.45, 7) is -0.251. The number of halogens is 1. The average molecular weight is 384 g/mol. The second-order valence-corrected chi connectivity index (χ2v) is 6.38. The van der Waals surface area contributed by atoms with E-state index < -0.39 is 30.3 Å². The first-order chi connectivity index (χ1) is 13.3. The Hall–Kier alpha value is -3.55. The third kappa shape index (κ3) is 3.75. The zero-order valence-corrected chi connectivity index (χ0v) is 15.3. The standard InChI is InChI=1S/C20H17FN2O5/c1-22(10-12-3-6-14(21)7-4-12)17(24)11-28-20(27)13-5-8-15-16(9-13)19(26)23(2)18(15)25/h3-9H,10-11H2,1-2H3. The lowest BCUT2D eigenvalue weighted by molar-refractivity contribution is -0.133. The number of rotatable bonds is 5. The van der Waals surface area contributed by atoms with Crippen molar-refractivity contribution in [2.45, 2.75) is 6.54 Å². The maximum Gasteiger partial charge on any atom is 0.338 e. The zero-order valence-electron chi connectivity index (χ0n) is 15.3. The van der Waals surface area contributed by atoms with Gasteiger partial charge in [-0.3, -0.25) is 19.3 Å². The molecular formula is C20H17FN2O5. The lowest BCUT2D eigenvalue weighted by Gasteiger charge is -2.17. The fourth-order valence-electron chi connectivity index (χ4n) is 2.76. The van der Waals surface area contributed by atoms with Gasteiger partial charge in [0.1, 0.15) is 5.82 Å². The lowest BCUT2D eigenvalue weighted by atomic mass is 10.1. The molecule has 28 heavy (non-hydrogen) atoms. The minimum absolute atomic E-state index is 0.0733. The van der Waals surface area contributed by atoms with Crippen LogP contribution in [0.1, 0.15) is 36.6 Å². The number of carbonyl (C=O) groups is 4. The maximum atomic E-state index is 12.9. The molecule has 8 heteroatoms. The topological polar surface area (TPSA) is 84.0 Å². The van der Waals surface area contributed by atoms with E-state index in [9.17, 15) is 23.6 Å². The van der Waals surface area contributed by atoms with Gasteiger partial charge in [-0.15, -0.1) is 0 Å². The molecule has 1 heterocycles. The molecule has 1 aliphatic rings. The van der Waals surface area contributed by atoms with Crippen molar-refractivity contribution in [3.8, 4) is 0 Å². The van der Waals surface area contributed by atoms with E-state index >= 15 is 0 Å². The zero-order chi connectivity index (χ0) is 20.4. The number of benzene rings is 2. The molecule has 0 saturated carbocycles. The molecule has 2 aromatic rings. The summed E-state index contributed by atoms with van der Waals surface area (Å²) in [7, 11) is 2.90. The Balaban J connectivity index is 1.59. The molecule has 3 rings (SSSR count). The van der Waals surface area contributed by atoms with Crippen LogP contribution in [0.2, 0.25) is 0 Å². The average Bonchev–Trinajstić information content (AvgIpc) is 2.91. The van der Waals surface area contributed by atoms with Crippen LogP contribution in [0.25, 0.3) is 0 Å². The van der Waals surface area contributed by atoms with Crippen LogP contribution in [-0.2, 0) is 16.1 Å². The van der Waals surface area contributed by atoms with E-state index in [1.807, 2.05) is 0 Å². The van der Waals surface area contributed by atoms with Crippen molar-refractivity contribution in [1.29, 1.82) is 0 Å². The summed E-state index contributed by atoms with van der Waals surface area (Å²) >= 11 is 0. The molecule has 1 aliphatic heterocycles. The summed E-state index contributed by atoms with van der Waals surface area (Å²) in [5, 5.41) is 0. The van der Waals surface area contributed by atoms with Gasteiger partial charge in [0, 0.05) is 20.6 Å². The highest BCUT2D eigenvalue weighted by atomic mass is 19.1. The first-order valence-corrected chi connectivity index (χ1v) is 8.40. The number of likely N-dealkylation sites (N-methyl/N-ethyl adjacent to an activating group) is 1. The fraction of sp³-hybridized carbons (Fsp3) is 0.200. The van der Waals surface area contributed by atoms with Crippen molar-refractivity contribution in [3.05, 3.63) is 70.5 Å². The largest absolute Gasteiger partial charge is 0.452 e. The van der Waals surface area contributed by atoms with Crippen LogP contribution >= 0.6 is 0 Å². The monoisotopic (exact) mass is 384 g/mol. The van der Waals surface area contributed by atoms with Crippen LogP contribution in [0.15, 0.2) is 42.5 Å². The number of ether oxygens (including phenoxy) is 1. The number of amides is 3. The molecule has 0 saturated heterocycles. The molecule has 0 fully saturated rings. The third-order valence-electron chi connectivity index (χ3n) is 4.41. The fourth-order valence-corrected chi connectivity index (χ4v) is 2.76. The molecule has 2 aromatic carbocycles. The molecule has 0 aliphatic carbocycles. The Labute approximate surface area is 160 Å². The van der Waals surface area contributed by atoms with Gasteiger partial charge in [0.15, 0.2) is 6.61 Å². The van der Waals surface area contributed by atoms with E-state index in [1.165, 1.54) is 49.3 Å². The molecule has 7 nitrogen and oxygen atoms in total. The Kier molecular flexibility index (Phi) is 5.21. The highest BCUT2D eigenvalue weighted by Gasteiger charge is 2.33. The van der Waals surface area contributed by atoms with Crippen LogP contribution < -0.4 is 0 Å².